The first kappa shape index (κ1) is 16.5. The molecule has 2 heterocycles. The molecule has 2 N–H and O–H groups in total. The van der Waals surface area contributed by atoms with Crippen molar-refractivity contribution in [2.45, 2.75) is 0 Å². The maximum absolute atomic E-state index is 12.7. The van der Waals surface area contributed by atoms with Crippen molar-refractivity contribution >= 4 is 46.9 Å². The van der Waals surface area contributed by atoms with E-state index in [0.29, 0.717) is 21.0 Å². The molecule has 3 aromatic rings. The Bertz CT molecular complexity index is 1130. The number of anilines is 2. The number of hydrogen-bond donors (Lipinski definition) is 2. The van der Waals surface area contributed by atoms with Crippen LogP contribution in [0.15, 0.2) is 54.6 Å². The van der Waals surface area contributed by atoms with Gasteiger partial charge in [0.2, 0.25) is 0 Å². The lowest BCUT2D eigenvalue weighted by Crippen LogP contribution is -2.24. The molecule has 0 radical (unpaired) electrons. The highest BCUT2D eigenvalue weighted by Gasteiger charge is 2.40. The summed E-state index contributed by atoms with van der Waals surface area (Å²) in [5.41, 5.74) is 1.87. The molecule has 7 heteroatoms. The van der Waals surface area contributed by atoms with Crippen molar-refractivity contribution in [1.82, 2.24) is 4.98 Å². The van der Waals surface area contributed by atoms with Gasteiger partial charge in [0.1, 0.15) is 10.4 Å². The largest absolute Gasteiger partial charge is 0.506 e. The van der Waals surface area contributed by atoms with Crippen LogP contribution >= 0.6 is 23.8 Å². The van der Waals surface area contributed by atoms with Crippen molar-refractivity contribution in [2.24, 2.45) is 0 Å². The number of phenols is 1. The average Bonchev–Trinajstić information content (AvgIpc) is 2.88. The molecule has 0 bridgehead atoms. The fourth-order valence-electron chi connectivity index (χ4n) is 3.01. The van der Waals surface area contributed by atoms with Crippen LogP contribution in [0.5, 0.6) is 5.75 Å². The van der Waals surface area contributed by atoms with Crippen LogP contribution in [0.4, 0.5) is 11.4 Å². The van der Waals surface area contributed by atoms with Gasteiger partial charge in [0, 0.05) is 5.02 Å². The maximum Gasteiger partial charge on any atom is 0.304 e. The Labute approximate surface area is 158 Å². The summed E-state index contributed by atoms with van der Waals surface area (Å²) in [7, 11) is 0. The number of hydrogen-bond acceptors (Lipinski definition) is 4. The number of phenolic OH excluding ortho intramolecular Hbond substituents is 1. The molecule has 1 aliphatic heterocycles. The fraction of sp³-hybridized carbons (Fsp3) is 0. The highest BCUT2D eigenvalue weighted by molar-refractivity contribution is 7.71. The lowest BCUT2D eigenvalue weighted by atomic mass is 10.0. The maximum atomic E-state index is 12.7. The molecule has 0 saturated carbocycles. The third kappa shape index (κ3) is 2.51. The summed E-state index contributed by atoms with van der Waals surface area (Å²) in [6.45, 7) is 0. The molecule has 26 heavy (non-hydrogen) atoms. The second kappa shape index (κ2) is 6.09. The van der Waals surface area contributed by atoms with Gasteiger partial charge in [0.25, 0.3) is 5.78 Å². The van der Waals surface area contributed by atoms with E-state index >= 15 is 0 Å². The number of halogens is 1. The van der Waals surface area contributed by atoms with Crippen LogP contribution in [0, 0.1) is 4.64 Å². The third-order valence-corrected chi connectivity index (χ3v) is 4.58. The Balaban J connectivity index is 2.01. The molecule has 0 spiro atoms. The van der Waals surface area contributed by atoms with Gasteiger partial charge < -0.3 is 10.1 Å². The van der Waals surface area contributed by atoms with Gasteiger partial charge in [-0.3, -0.25) is 14.5 Å². The predicted octanol–water partition coefficient (Wildman–Crippen LogP) is 4.63. The molecule has 128 valence electrons. The second-order valence-corrected chi connectivity index (χ2v) is 6.61. The van der Waals surface area contributed by atoms with Crippen molar-refractivity contribution in [3.05, 3.63) is 69.8 Å². The second-order valence-electron chi connectivity index (χ2n) is 5.74. The number of nitrogens with one attached hydrogen (secondary N) is 1. The fourth-order valence-corrected chi connectivity index (χ4v) is 3.39. The third-order valence-electron chi connectivity index (χ3n) is 4.13. The van der Waals surface area contributed by atoms with Gasteiger partial charge in [0.05, 0.1) is 22.6 Å². The van der Waals surface area contributed by atoms with E-state index < -0.39 is 11.7 Å². The normalized spacial score (nSPS) is 13.2. The summed E-state index contributed by atoms with van der Waals surface area (Å²) in [5, 5.41) is 10.5. The number of amides is 1. The Hall–Kier alpha value is -2.96. The van der Waals surface area contributed by atoms with Gasteiger partial charge in [-0.1, -0.05) is 54.2 Å². The zero-order chi connectivity index (χ0) is 18.4. The minimum absolute atomic E-state index is 0.134. The van der Waals surface area contributed by atoms with E-state index in [1.165, 1.54) is 24.3 Å². The number of ketones is 1. The number of carbonyl (C=O) groups is 2. The number of aromatic amines is 1. The first-order valence-electron chi connectivity index (χ1n) is 7.67. The molecule has 0 aliphatic carbocycles. The number of carbonyl (C=O) groups excluding carboxylic acids is 2. The van der Waals surface area contributed by atoms with E-state index in [0.717, 1.165) is 10.5 Å². The van der Waals surface area contributed by atoms with Crippen molar-refractivity contribution < 1.29 is 14.7 Å². The highest BCUT2D eigenvalue weighted by atomic mass is 35.5. The van der Waals surface area contributed by atoms with E-state index in [2.05, 4.69) is 4.98 Å². The molecule has 0 unspecified atom stereocenters. The molecule has 1 aromatic heterocycles. The van der Waals surface area contributed by atoms with Crippen molar-refractivity contribution in [1.29, 1.82) is 0 Å². The highest BCUT2D eigenvalue weighted by Crippen LogP contribution is 2.43. The molecule has 0 atom stereocenters. The number of H-pyrrole nitrogens is 1. The number of benzene rings is 2. The number of aromatic nitrogens is 1. The van der Waals surface area contributed by atoms with Crippen molar-refractivity contribution in [3.8, 4) is 17.0 Å². The van der Waals surface area contributed by atoms with Crippen molar-refractivity contribution in [2.75, 3.05) is 4.90 Å². The van der Waals surface area contributed by atoms with E-state index in [1.54, 1.807) is 0 Å². The Morgan fingerprint density at radius 2 is 1.73 bits per heavy atom. The van der Waals surface area contributed by atoms with Crippen LogP contribution in [0.2, 0.25) is 5.02 Å². The van der Waals surface area contributed by atoms with Gasteiger partial charge >= 0.3 is 5.91 Å². The molecule has 4 rings (SSSR count). The minimum atomic E-state index is -0.774. The minimum Gasteiger partial charge on any atom is -0.506 e. The Kier molecular flexibility index (Phi) is 3.86. The monoisotopic (exact) mass is 382 g/mol. The molecular weight excluding hydrogens is 372 g/mol. The molecule has 0 saturated heterocycles. The van der Waals surface area contributed by atoms with Crippen LogP contribution in [-0.2, 0) is 4.79 Å². The molecule has 0 fully saturated rings. The number of rotatable bonds is 2. The van der Waals surface area contributed by atoms with Crippen LogP contribution in [0.1, 0.15) is 10.4 Å². The topological polar surface area (TPSA) is 73.4 Å². The summed E-state index contributed by atoms with van der Waals surface area (Å²) >= 11 is 11.3. The summed E-state index contributed by atoms with van der Waals surface area (Å²) in [5.74, 6) is -1.61. The average molecular weight is 383 g/mol. The zero-order valence-corrected chi connectivity index (χ0v) is 14.8. The summed E-state index contributed by atoms with van der Waals surface area (Å²) in [4.78, 5) is 29.6. The number of pyridine rings is 1. The van der Waals surface area contributed by atoms with E-state index in [1.807, 2.05) is 30.3 Å². The smallest absolute Gasteiger partial charge is 0.304 e. The number of aromatic hydroxyl groups is 1. The van der Waals surface area contributed by atoms with Gasteiger partial charge in [-0.25, -0.2) is 0 Å². The lowest BCUT2D eigenvalue weighted by molar-refractivity contribution is -0.113. The number of nitrogens with zero attached hydrogens (tertiary/aromatic N) is 1. The van der Waals surface area contributed by atoms with Gasteiger partial charge in [0.15, 0.2) is 0 Å². The quantitative estimate of drug-likeness (QED) is 0.500. The first-order valence-corrected chi connectivity index (χ1v) is 8.46. The molecule has 2 aromatic carbocycles. The van der Waals surface area contributed by atoms with Crippen LogP contribution in [0.25, 0.3) is 11.3 Å². The van der Waals surface area contributed by atoms with Crippen LogP contribution < -0.4 is 4.90 Å². The van der Waals surface area contributed by atoms with Crippen LogP contribution in [0.3, 0.4) is 0 Å². The standard InChI is InChI=1S/C19H11ClN2O3S/c20-11-6-7-14(23)12(8-11)22-13-9-15(26)21-17(10-4-2-1-3-5-10)16(13)18(24)19(22)25/h1-9,23H,(H,21,26). The Morgan fingerprint density at radius 3 is 2.46 bits per heavy atom. The van der Waals surface area contributed by atoms with E-state index in [-0.39, 0.29) is 17.0 Å². The SMILES string of the molecule is O=C1C(=O)N(c2cc(Cl)ccc2O)c2cc(=S)[nH]c(-c3ccccc3)c21. The summed E-state index contributed by atoms with van der Waals surface area (Å²) < 4.78 is 0.358. The van der Waals surface area contributed by atoms with Gasteiger partial charge in [-0.05, 0) is 29.8 Å². The van der Waals surface area contributed by atoms with E-state index in [4.69, 9.17) is 23.8 Å². The summed E-state index contributed by atoms with van der Waals surface area (Å²) in [6, 6.07) is 15.0. The van der Waals surface area contributed by atoms with Gasteiger partial charge in [-0.2, -0.15) is 0 Å². The predicted molar refractivity (Wildman–Crippen MR) is 102 cm³/mol. The molecular formula is C19H11ClN2O3S. The molecule has 1 amide bonds. The number of Topliss-reactive ketones (excluding diaryl/α,β-unsaturated/α-hetero) is 1. The number of fused-ring (bicyclic) bond motifs is 1. The lowest BCUT2D eigenvalue weighted by Gasteiger charge is -2.18. The summed E-state index contributed by atoms with van der Waals surface area (Å²) in [6.07, 6.45) is 0. The molecule has 1 aliphatic rings. The molecule has 5 nitrogen and oxygen atoms in total. The van der Waals surface area contributed by atoms with Crippen LogP contribution in [-0.4, -0.2) is 21.8 Å². The first-order chi connectivity index (χ1) is 12.5. The van der Waals surface area contributed by atoms with Gasteiger partial charge in [-0.15, -0.1) is 0 Å². The van der Waals surface area contributed by atoms with E-state index in [9.17, 15) is 14.7 Å². The Morgan fingerprint density at radius 1 is 1.00 bits per heavy atom. The zero-order valence-electron chi connectivity index (χ0n) is 13.2. The van der Waals surface area contributed by atoms with Crippen molar-refractivity contribution in [3.63, 3.8) is 0 Å².